The van der Waals surface area contributed by atoms with E-state index >= 15 is 0 Å². The second-order valence-electron chi connectivity index (χ2n) is 6.07. The molecular formula is C20H21N5O. The summed E-state index contributed by atoms with van der Waals surface area (Å²) in [5, 5.41) is 6.16. The second kappa shape index (κ2) is 8.11. The number of anilines is 3. The molecule has 3 rings (SSSR count). The minimum atomic E-state index is -0.166. The summed E-state index contributed by atoms with van der Waals surface area (Å²) in [6, 6.07) is 13.6. The van der Waals surface area contributed by atoms with Gasteiger partial charge >= 0.3 is 0 Å². The van der Waals surface area contributed by atoms with E-state index in [0.717, 1.165) is 22.6 Å². The van der Waals surface area contributed by atoms with Gasteiger partial charge in [0.15, 0.2) is 0 Å². The first kappa shape index (κ1) is 17.4. The molecule has 0 radical (unpaired) electrons. The molecule has 0 spiro atoms. The first-order chi connectivity index (χ1) is 12.6. The largest absolute Gasteiger partial charge is 0.378 e. The molecule has 0 aliphatic rings. The average molecular weight is 347 g/mol. The van der Waals surface area contributed by atoms with Gasteiger partial charge in [-0.3, -0.25) is 14.8 Å². The third-order valence-electron chi connectivity index (χ3n) is 3.88. The predicted octanol–water partition coefficient (Wildman–Crippen LogP) is 3.22. The van der Waals surface area contributed by atoms with Crippen LogP contribution in [-0.2, 0) is 6.54 Å². The minimum Gasteiger partial charge on any atom is -0.378 e. The van der Waals surface area contributed by atoms with Crippen LogP contribution in [0.5, 0.6) is 0 Å². The number of benzene rings is 1. The van der Waals surface area contributed by atoms with Crippen LogP contribution in [0.4, 0.5) is 17.1 Å². The van der Waals surface area contributed by atoms with Crippen molar-refractivity contribution in [3.63, 3.8) is 0 Å². The summed E-state index contributed by atoms with van der Waals surface area (Å²) in [6.45, 7) is 0.449. The van der Waals surface area contributed by atoms with Crippen LogP contribution in [0.25, 0.3) is 0 Å². The number of carbonyl (C=O) groups is 1. The highest BCUT2D eigenvalue weighted by Crippen LogP contribution is 2.20. The maximum atomic E-state index is 12.3. The van der Waals surface area contributed by atoms with Crippen molar-refractivity contribution in [2.24, 2.45) is 0 Å². The molecular weight excluding hydrogens is 326 g/mol. The fourth-order valence-corrected chi connectivity index (χ4v) is 2.43. The lowest BCUT2D eigenvalue weighted by Gasteiger charge is -2.13. The van der Waals surface area contributed by atoms with E-state index in [-0.39, 0.29) is 5.91 Å². The Morgan fingerprint density at radius 1 is 0.962 bits per heavy atom. The average Bonchev–Trinajstić information content (AvgIpc) is 2.67. The smallest absolute Gasteiger partial charge is 0.253 e. The molecule has 0 saturated heterocycles. The number of carbonyl (C=O) groups excluding carboxylic acids is 1. The molecule has 132 valence electrons. The van der Waals surface area contributed by atoms with Gasteiger partial charge in [-0.2, -0.15) is 0 Å². The van der Waals surface area contributed by atoms with Gasteiger partial charge < -0.3 is 15.5 Å². The van der Waals surface area contributed by atoms with Gasteiger partial charge in [0.1, 0.15) is 0 Å². The van der Waals surface area contributed by atoms with E-state index in [1.807, 2.05) is 55.4 Å². The number of nitrogens with zero attached hydrogens (tertiary/aromatic N) is 3. The summed E-state index contributed by atoms with van der Waals surface area (Å²) < 4.78 is 0. The Morgan fingerprint density at radius 3 is 2.38 bits per heavy atom. The van der Waals surface area contributed by atoms with Crippen LogP contribution in [0.2, 0.25) is 0 Å². The number of hydrogen-bond acceptors (Lipinski definition) is 5. The Kier molecular flexibility index (Phi) is 5.43. The molecule has 2 aromatic heterocycles. The number of amides is 1. The van der Waals surface area contributed by atoms with Gasteiger partial charge in [0.25, 0.3) is 5.91 Å². The molecule has 0 saturated carbocycles. The van der Waals surface area contributed by atoms with Crippen LogP contribution < -0.4 is 15.5 Å². The van der Waals surface area contributed by atoms with Gasteiger partial charge in [-0.1, -0.05) is 0 Å². The maximum absolute atomic E-state index is 12.3. The van der Waals surface area contributed by atoms with E-state index < -0.39 is 0 Å². The molecule has 3 aromatic rings. The van der Waals surface area contributed by atoms with E-state index in [9.17, 15) is 4.79 Å². The van der Waals surface area contributed by atoms with Crippen molar-refractivity contribution in [3.8, 4) is 0 Å². The van der Waals surface area contributed by atoms with E-state index in [1.54, 1.807) is 30.9 Å². The number of nitrogens with one attached hydrogen (secondary N) is 2. The standard InChI is InChI=1S/C20H21N5O/c1-25(2)19-5-3-17(4-6-19)24-18-11-16(13-22-14-18)20(26)23-12-15-7-9-21-10-8-15/h3-11,13-14,24H,12H2,1-2H3,(H,23,26). The lowest BCUT2D eigenvalue weighted by Crippen LogP contribution is -2.23. The number of aromatic nitrogens is 2. The zero-order valence-electron chi connectivity index (χ0n) is 14.8. The summed E-state index contributed by atoms with van der Waals surface area (Å²) in [6.07, 6.45) is 6.66. The molecule has 0 fully saturated rings. The molecule has 26 heavy (non-hydrogen) atoms. The second-order valence-corrected chi connectivity index (χ2v) is 6.07. The number of rotatable bonds is 6. The Morgan fingerprint density at radius 2 is 1.69 bits per heavy atom. The van der Waals surface area contributed by atoms with E-state index in [1.165, 1.54) is 0 Å². The molecule has 0 unspecified atom stereocenters. The highest BCUT2D eigenvalue weighted by Gasteiger charge is 2.07. The van der Waals surface area contributed by atoms with Gasteiger partial charge in [-0.25, -0.2) is 0 Å². The Labute approximate surface area is 152 Å². The van der Waals surface area contributed by atoms with E-state index in [0.29, 0.717) is 12.1 Å². The Balaban J connectivity index is 1.64. The molecule has 2 heterocycles. The highest BCUT2D eigenvalue weighted by molar-refractivity contribution is 5.94. The van der Waals surface area contributed by atoms with Crippen LogP contribution in [-0.4, -0.2) is 30.0 Å². The molecule has 6 nitrogen and oxygen atoms in total. The summed E-state index contributed by atoms with van der Waals surface area (Å²) in [4.78, 5) is 22.5. The predicted molar refractivity (Wildman–Crippen MR) is 104 cm³/mol. The monoisotopic (exact) mass is 347 g/mol. The molecule has 2 N–H and O–H groups in total. The van der Waals surface area contributed by atoms with Gasteiger partial charge in [-0.05, 0) is 48.0 Å². The molecule has 0 aliphatic carbocycles. The van der Waals surface area contributed by atoms with Crippen molar-refractivity contribution < 1.29 is 4.79 Å². The minimum absolute atomic E-state index is 0.166. The third-order valence-corrected chi connectivity index (χ3v) is 3.88. The molecule has 6 heteroatoms. The lowest BCUT2D eigenvalue weighted by atomic mass is 10.2. The van der Waals surface area contributed by atoms with Crippen LogP contribution in [0, 0.1) is 0 Å². The highest BCUT2D eigenvalue weighted by atomic mass is 16.1. The molecule has 1 aromatic carbocycles. The maximum Gasteiger partial charge on any atom is 0.253 e. The summed E-state index contributed by atoms with van der Waals surface area (Å²) >= 11 is 0. The summed E-state index contributed by atoms with van der Waals surface area (Å²) in [5.41, 5.74) is 4.33. The van der Waals surface area contributed by atoms with Gasteiger partial charge in [0.05, 0.1) is 17.4 Å². The number of pyridine rings is 2. The van der Waals surface area contributed by atoms with Crippen molar-refractivity contribution in [3.05, 3.63) is 78.4 Å². The molecule has 1 amide bonds. The van der Waals surface area contributed by atoms with Crippen LogP contribution in [0.3, 0.4) is 0 Å². The van der Waals surface area contributed by atoms with Gasteiger partial charge in [0.2, 0.25) is 0 Å². The van der Waals surface area contributed by atoms with Crippen molar-refractivity contribution >= 4 is 23.0 Å². The van der Waals surface area contributed by atoms with Gasteiger partial charge in [-0.15, -0.1) is 0 Å². The fourth-order valence-electron chi connectivity index (χ4n) is 2.43. The SMILES string of the molecule is CN(C)c1ccc(Nc2cncc(C(=O)NCc3ccncc3)c2)cc1. The first-order valence-corrected chi connectivity index (χ1v) is 8.28. The van der Waals surface area contributed by atoms with Crippen molar-refractivity contribution in [2.45, 2.75) is 6.54 Å². The first-order valence-electron chi connectivity index (χ1n) is 8.28. The van der Waals surface area contributed by atoms with E-state index in [2.05, 4.69) is 20.6 Å². The van der Waals surface area contributed by atoms with Crippen LogP contribution >= 0.6 is 0 Å². The van der Waals surface area contributed by atoms with E-state index in [4.69, 9.17) is 0 Å². The molecule has 0 aliphatic heterocycles. The van der Waals surface area contributed by atoms with Gasteiger partial charge in [0, 0.05) is 50.6 Å². The lowest BCUT2D eigenvalue weighted by molar-refractivity contribution is 0.0950. The van der Waals surface area contributed by atoms with Crippen molar-refractivity contribution in [1.82, 2.24) is 15.3 Å². The summed E-state index contributed by atoms with van der Waals surface area (Å²) in [7, 11) is 4.00. The molecule has 0 atom stereocenters. The quantitative estimate of drug-likeness (QED) is 0.716. The van der Waals surface area contributed by atoms with Crippen molar-refractivity contribution in [2.75, 3.05) is 24.3 Å². The third kappa shape index (κ3) is 4.57. The Bertz CT molecular complexity index is 863. The number of hydrogen-bond donors (Lipinski definition) is 2. The van der Waals surface area contributed by atoms with Crippen LogP contribution in [0.1, 0.15) is 15.9 Å². The normalized spacial score (nSPS) is 10.2. The molecule has 0 bridgehead atoms. The Hall–Kier alpha value is -3.41. The zero-order chi connectivity index (χ0) is 18.4. The van der Waals surface area contributed by atoms with Crippen molar-refractivity contribution in [1.29, 1.82) is 0 Å². The summed E-state index contributed by atoms with van der Waals surface area (Å²) in [5.74, 6) is -0.166. The zero-order valence-corrected chi connectivity index (χ0v) is 14.8. The van der Waals surface area contributed by atoms with Crippen LogP contribution in [0.15, 0.2) is 67.3 Å². The fraction of sp³-hybridized carbons (Fsp3) is 0.150. The topological polar surface area (TPSA) is 70.2 Å².